The van der Waals surface area contributed by atoms with Crippen molar-refractivity contribution in [2.24, 2.45) is 5.92 Å². The lowest BCUT2D eigenvalue weighted by Gasteiger charge is -2.41. The number of ether oxygens (including phenoxy) is 1. The van der Waals surface area contributed by atoms with Gasteiger partial charge in [-0.05, 0) is 24.0 Å². The number of benzene rings is 2. The monoisotopic (exact) mass is 352 g/mol. The molecule has 24 heavy (non-hydrogen) atoms. The van der Waals surface area contributed by atoms with Crippen LogP contribution in [-0.2, 0) is 6.42 Å². The van der Waals surface area contributed by atoms with Crippen LogP contribution in [-0.4, -0.2) is 6.61 Å². The number of hydrogen-bond donors (Lipinski definition) is 0. The van der Waals surface area contributed by atoms with E-state index < -0.39 is 0 Å². The zero-order valence-corrected chi connectivity index (χ0v) is 14.6. The molecule has 0 spiro atoms. The van der Waals surface area contributed by atoms with Crippen LogP contribution in [0.2, 0.25) is 0 Å². The average molecular weight is 352 g/mol. The number of hydrogen-bond acceptors (Lipinski definition) is 4. The fourth-order valence-corrected chi connectivity index (χ4v) is 6.66. The Bertz CT molecular complexity index is 942. The summed E-state index contributed by atoms with van der Waals surface area (Å²) in [6.07, 6.45) is 0.954. The fraction of sp³-hybridized carbons (Fsp3) is 0.250. The van der Waals surface area contributed by atoms with Crippen molar-refractivity contribution in [3.8, 4) is 5.75 Å². The van der Waals surface area contributed by atoms with Gasteiger partial charge in [0.1, 0.15) is 5.75 Å². The van der Waals surface area contributed by atoms with Gasteiger partial charge in [0, 0.05) is 27.2 Å². The SMILES string of the molecule is O=c1sc2c(s1)C1c3ccccc3OC[C@@H]1[C@@H](c1ccccc1)C2. The Balaban J connectivity index is 1.71. The third-order valence-corrected chi connectivity index (χ3v) is 7.54. The van der Waals surface area contributed by atoms with Crippen molar-refractivity contribution in [3.63, 3.8) is 0 Å². The molecule has 1 aliphatic carbocycles. The maximum absolute atomic E-state index is 12.1. The van der Waals surface area contributed by atoms with Crippen molar-refractivity contribution < 1.29 is 4.74 Å². The summed E-state index contributed by atoms with van der Waals surface area (Å²) < 4.78 is 6.32. The standard InChI is InChI=1S/C20H16O2S2/c21-20-23-17-10-14(12-6-2-1-3-7-12)15-11-22-16-9-5-4-8-13(16)18(15)19(17)24-20/h1-9,14-15,18H,10-11H2/t14-,15-,18?/m1/s1. The van der Waals surface area contributed by atoms with Gasteiger partial charge >= 0.3 is 0 Å². The highest BCUT2D eigenvalue weighted by Crippen LogP contribution is 2.53. The number of para-hydroxylation sites is 1. The van der Waals surface area contributed by atoms with Crippen molar-refractivity contribution in [2.45, 2.75) is 18.3 Å². The number of fused-ring (bicyclic) bond motifs is 5. The molecule has 3 atom stereocenters. The molecule has 0 bridgehead atoms. The summed E-state index contributed by atoms with van der Waals surface area (Å²) in [7, 11) is 0. The van der Waals surface area contributed by atoms with Gasteiger partial charge in [0.05, 0.1) is 6.61 Å². The third-order valence-electron chi connectivity index (χ3n) is 5.22. The first-order valence-corrected chi connectivity index (χ1v) is 9.84. The van der Waals surface area contributed by atoms with E-state index in [1.54, 1.807) is 0 Å². The minimum absolute atomic E-state index is 0.219. The smallest absolute Gasteiger partial charge is 0.287 e. The summed E-state index contributed by atoms with van der Waals surface area (Å²) in [5.74, 6) is 2.06. The Morgan fingerprint density at radius 3 is 2.62 bits per heavy atom. The van der Waals surface area contributed by atoms with Crippen LogP contribution >= 0.6 is 22.7 Å². The van der Waals surface area contributed by atoms with E-state index in [1.807, 2.05) is 12.1 Å². The molecule has 0 fully saturated rings. The Morgan fingerprint density at radius 1 is 0.958 bits per heavy atom. The van der Waals surface area contributed by atoms with Crippen LogP contribution in [0.1, 0.15) is 32.7 Å². The fourth-order valence-electron chi connectivity index (χ4n) is 4.18. The topological polar surface area (TPSA) is 26.3 Å². The van der Waals surface area contributed by atoms with Gasteiger partial charge in [0.2, 0.25) is 0 Å². The van der Waals surface area contributed by atoms with Crippen LogP contribution in [0.25, 0.3) is 0 Å². The van der Waals surface area contributed by atoms with E-state index >= 15 is 0 Å². The Morgan fingerprint density at radius 2 is 1.75 bits per heavy atom. The summed E-state index contributed by atoms with van der Waals surface area (Å²) in [5.41, 5.74) is 2.59. The second-order valence-corrected chi connectivity index (χ2v) is 8.79. The van der Waals surface area contributed by atoms with Gasteiger partial charge in [-0.15, -0.1) is 0 Å². The van der Waals surface area contributed by atoms with Crippen molar-refractivity contribution in [2.75, 3.05) is 6.61 Å². The molecule has 0 N–H and O–H groups in total. The molecule has 4 heteroatoms. The summed E-state index contributed by atoms with van der Waals surface area (Å²) in [6.45, 7) is 0.720. The average Bonchev–Trinajstić information content (AvgIpc) is 3.01. The molecular formula is C20H16O2S2. The molecule has 2 aliphatic rings. The predicted molar refractivity (Wildman–Crippen MR) is 98.6 cm³/mol. The first-order chi connectivity index (χ1) is 11.8. The normalized spacial score (nSPS) is 24.4. The van der Waals surface area contributed by atoms with E-state index in [9.17, 15) is 4.79 Å². The first-order valence-electron chi connectivity index (χ1n) is 8.20. The van der Waals surface area contributed by atoms with Crippen LogP contribution < -0.4 is 8.79 Å². The van der Waals surface area contributed by atoms with Crippen LogP contribution in [0.5, 0.6) is 5.75 Å². The molecule has 1 aliphatic heterocycles. The van der Waals surface area contributed by atoms with E-state index in [4.69, 9.17) is 4.74 Å². The minimum atomic E-state index is 0.219. The zero-order valence-electron chi connectivity index (χ0n) is 13.0. The second-order valence-electron chi connectivity index (χ2n) is 6.45. The molecule has 5 rings (SSSR count). The quantitative estimate of drug-likeness (QED) is 0.637. The molecule has 3 aromatic rings. The molecule has 1 unspecified atom stereocenters. The molecular weight excluding hydrogens is 336 g/mol. The van der Waals surface area contributed by atoms with Crippen molar-refractivity contribution >= 4 is 22.7 Å². The van der Waals surface area contributed by atoms with Crippen LogP contribution in [0, 0.1) is 5.92 Å². The molecule has 0 saturated carbocycles. The Hall–Kier alpha value is -1.91. The van der Waals surface area contributed by atoms with E-state index in [-0.39, 0.29) is 9.97 Å². The van der Waals surface area contributed by atoms with E-state index in [0.29, 0.717) is 11.8 Å². The first kappa shape index (κ1) is 14.4. The summed E-state index contributed by atoms with van der Waals surface area (Å²) in [5, 5.41) is 0. The molecule has 0 radical (unpaired) electrons. The van der Waals surface area contributed by atoms with Crippen LogP contribution in [0.3, 0.4) is 0 Å². The third kappa shape index (κ3) is 2.17. The maximum Gasteiger partial charge on any atom is 0.287 e. The lowest BCUT2D eigenvalue weighted by molar-refractivity contribution is 0.175. The molecule has 2 aromatic carbocycles. The van der Waals surface area contributed by atoms with Crippen molar-refractivity contribution in [1.82, 2.24) is 0 Å². The molecule has 0 saturated heterocycles. The summed E-state index contributed by atoms with van der Waals surface area (Å²) >= 11 is 2.89. The molecule has 120 valence electrons. The van der Waals surface area contributed by atoms with Gasteiger partial charge in [-0.2, -0.15) is 0 Å². The highest BCUT2D eigenvalue weighted by Gasteiger charge is 2.43. The minimum Gasteiger partial charge on any atom is -0.493 e. The Kier molecular flexibility index (Phi) is 3.35. The van der Waals surface area contributed by atoms with Crippen LogP contribution in [0.4, 0.5) is 0 Å². The molecule has 2 nitrogen and oxygen atoms in total. The second kappa shape index (κ2) is 5.57. The number of rotatable bonds is 1. The van der Waals surface area contributed by atoms with Crippen molar-refractivity contribution in [3.05, 3.63) is 84.3 Å². The highest BCUT2D eigenvalue weighted by atomic mass is 32.2. The van der Waals surface area contributed by atoms with E-state index in [1.165, 1.54) is 43.6 Å². The molecule has 0 amide bonds. The van der Waals surface area contributed by atoms with Crippen LogP contribution in [0.15, 0.2) is 59.4 Å². The maximum atomic E-state index is 12.1. The highest BCUT2D eigenvalue weighted by molar-refractivity contribution is 7.27. The van der Waals surface area contributed by atoms with E-state index in [0.717, 1.165) is 18.8 Å². The lowest BCUT2D eigenvalue weighted by Crippen LogP contribution is -2.35. The van der Waals surface area contributed by atoms with Gasteiger partial charge in [-0.1, -0.05) is 71.2 Å². The lowest BCUT2D eigenvalue weighted by atomic mass is 9.68. The van der Waals surface area contributed by atoms with Gasteiger partial charge in [-0.3, -0.25) is 4.79 Å². The largest absolute Gasteiger partial charge is 0.493 e. The van der Waals surface area contributed by atoms with E-state index in [2.05, 4.69) is 42.5 Å². The molecule has 1 aromatic heterocycles. The zero-order chi connectivity index (χ0) is 16.1. The Labute approximate surface area is 148 Å². The van der Waals surface area contributed by atoms with Gasteiger partial charge in [0.15, 0.2) is 0 Å². The van der Waals surface area contributed by atoms with Crippen molar-refractivity contribution in [1.29, 1.82) is 0 Å². The summed E-state index contributed by atoms with van der Waals surface area (Å²) in [4.78, 5) is 14.6. The predicted octanol–water partition coefficient (Wildman–Crippen LogP) is 4.65. The van der Waals surface area contributed by atoms with Gasteiger partial charge in [-0.25, -0.2) is 0 Å². The van der Waals surface area contributed by atoms with Gasteiger partial charge in [0.25, 0.3) is 4.06 Å². The summed E-state index contributed by atoms with van der Waals surface area (Å²) in [6, 6.07) is 19.0. The molecule has 2 heterocycles. The van der Waals surface area contributed by atoms with Gasteiger partial charge < -0.3 is 4.74 Å².